The molecule has 0 atom stereocenters. The molecular weight excluding hydrogens is 293 g/mol. The minimum atomic E-state index is -4.43. The van der Waals surface area contributed by atoms with E-state index < -0.39 is 30.8 Å². The Kier molecular flexibility index (Phi) is 5.64. The smallest absolute Gasteiger partial charge is 0.411 e. The third-order valence-corrected chi connectivity index (χ3v) is 3.36. The summed E-state index contributed by atoms with van der Waals surface area (Å²) in [5, 5.41) is 19.9. The van der Waals surface area contributed by atoms with Gasteiger partial charge in [0.25, 0.3) is 0 Å². The van der Waals surface area contributed by atoms with E-state index in [1.165, 1.54) is 4.68 Å². The normalized spacial score (nSPS) is 12.6. The highest BCUT2D eigenvalue weighted by atomic mass is 19.4. The van der Waals surface area contributed by atoms with Crippen molar-refractivity contribution in [2.24, 2.45) is 5.41 Å². The maximum absolute atomic E-state index is 12.0. The first-order chi connectivity index (χ1) is 9.74. The number of tetrazole rings is 1. The van der Waals surface area contributed by atoms with Crippen molar-refractivity contribution in [2.45, 2.75) is 46.0 Å². The molecule has 0 aliphatic carbocycles. The molecule has 7 nitrogen and oxygen atoms in total. The van der Waals surface area contributed by atoms with Crippen molar-refractivity contribution >= 4 is 5.97 Å². The molecule has 10 heteroatoms. The second-order valence-corrected chi connectivity index (χ2v) is 4.65. The Bertz CT molecular complexity index is 472. The molecule has 0 saturated carbocycles. The molecule has 21 heavy (non-hydrogen) atoms. The molecule has 0 saturated heterocycles. The van der Waals surface area contributed by atoms with Crippen molar-refractivity contribution < 1.29 is 27.8 Å². The molecule has 1 rings (SSSR count). The van der Waals surface area contributed by atoms with Crippen LogP contribution in [0.5, 0.6) is 0 Å². The van der Waals surface area contributed by atoms with E-state index in [9.17, 15) is 23.1 Å². The molecule has 0 unspecified atom stereocenters. The van der Waals surface area contributed by atoms with Crippen molar-refractivity contribution in [2.75, 3.05) is 6.61 Å². The molecule has 0 amide bonds. The van der Waals surface area contributed by atoms with Gasteiger partial charge in [0.2, 0.25) is 0 Å². The monoisotopic (exact) mass is 310 g/mol. The number of ether oxygens (including phenoxy) is 1. The summed E-state index contributed by atoms with van der Waals surface area (Å²) >= 11 is 0. The standard InChI is InChI=1S/C11H17F3N4O3/c1-3-10(4-2,9(19)20)6-18-8(15-16-17-18)5-21-7-11(12,13)14/h3-7H2,1-2H3,(H,19,20). The zero-order valence-corrected chi connectivity index (χ0v) is 11.7. The molecule has 0 spiro atoms. The fraction of sp³-hybridized carbons (Fsp3) is 0.818. The molecular formula is C11H17F3N4O3. The first-order valence-corrected chi connectivity index (χ1v) is 6.37. The zero-order valence-electron chi connectivity index (χ0n) is 11.7. The third kappa shape index (κ3) is 4.66. The number of alkyl halides is 3. The van der Waals surface area contributed by atoms with E-state index in [1.54, 1.807) is 13.8 Å². The molecule has 1 N–H and O–H groups in total. The van der Waals surface area contributed by atoms with Gasteiger partial charge in [-0.15, -0.1) is 5.10 Å². The molecule has 0 fully saturated rings. The van der Waals surface area contributed by atoms with Crippen molar-refractivity contribution in [1.29, 1.82) is 0 Å². The quantitative estimate of drug-likeness (QED) is 0.785. The van der Waals surface area contributed by atoms with E-state index in [0.717, 1.165) is 0 Å². The Balaban J connectivity index is 2.77. The van der Waals surface area contributed by atoms with Gasteiger partial charge in [0, 0.05) is 0 Å². The number of carbonyl (C=O) groups is 1. The highest BCUT2D eigenvalue weighted by Gasteiger charge is 2.36. The van der Waals surface area contributed by atoms with Gasteiger partial charge in [-0.2, -0.15) is 13.2 Å². The van der Waals surface area contributed by atoms with Crippen LogP contribution in [0.1, 0.15) is 32.5 Å². The minimum Gasteiger partial charge on any atom is -0.481 e. The van der Waals surface area contributed by atoms with Crippen molar-refractivity contribution in [1.82, 2.24) is 20.2 Å². The van der Waals surface area contributed by atoms with Gasteiger partial charge < -0.3 is 9.84 Å². The number of hydrogen-bond donors (Lipinski definition) is 1. The molecule has 0 aromatic carbocycles. The molecule has 0 bridgehead atoms. The van der Waals surface area contributed by atoms with Crippen molar-refractivity contribution in [3.05, 3.63) is 5.82 Å². The number of halogens is 3. The lowest BCUT2D eigenvalue weighted by Crippen LogP contribution is -2.35. The van der Waals surface area contributed by atoms with Gasteiger partial charge in [0.15, 0.2) is 5.82 Å². The summed E-state index contributed by atoms with van der Waals surface area (Å²) < 4.78 is 41.7. The van der Waals surface area contributed by atoms with E-state index in [0.29, 0.717) is 12.8 Å². The van der Waals surface area contributed by atoms with Gasteiger partial charge in [-0.05, 0) is 23.3 Å². The fourth-order valence-electron chi connectivity index (χ4n) is 1.84. The van der Waals surface area contributed by atoms with Crippen LogP contribution in [0.4, 0.5) is 13.2 Å². The fourth-order valence-corrected chi connectivity index (χ4v) is 1.84. The zero-order chi connectivity index (χ0) is 16.1. The largest absolute Gasteiger partial charge is 0.481 e. The molecule has 1 aromatic rings. The predicted octanol–water partition coefficient (Wildman–Crippen LogP) is 1.64. The van der Waals surface area contributed by atoms with Crippen LogP contribution in [-0.4, -0.2) is 44.1 Å². The van der Waals surface area contributed by atoms with Crippen LogP contribution in [0, 0.1) is 5.41 Å². The summed E-state index contributed by atoms with van der Waals surface area (Å²) in [6.45, 7) is 1.58. The Morgan fingerprint density at radius 3 is 2.43 bits per heavy atom. The van der Waals surface area contributed by atoms with Gasteiger partial charge in [0.05, 0.1) is 12.0 Å². The SMILES string of the molecule is CCC(CC)(Cn1nnnc1COCC(F)(F)F)C(=O)O. The van der Waals surface area contributed by atoms with Gasteiger partial charge in [-0.25, -0.2) is 4.68 Å². The van der Waals surface area contributed by atoms with E-state index in [4.69, 9.17) is 0 Å². The molecule has 1 aromatic heterocycles. The number of carboxylic acids is 1. The highest BCUT2D eigenvalue weighted by Crippen LogP contribution is 2.29. The van der Waals surface area contributed by atoms with Crippen LogP contribution in [0.3, 0.4) is 0 Å². The first-order valence-electron chi connectivity index (χ1n) is 6.37. The average Bonchev–Trinajstić information content (AvgIpc) is 2.81. The number of aliphatic carboxylic acids is 1. The van der Waals surface area contributed by atoms with E-state index >= 15 is 0 Å². The van der Waals surface area contributed by atoms with Gasteiger partial charge in [-0.1, -0.05) is 13.8 Å². The molecule has 0 radical (unpaired) electrons. The number of aromatic nitrogens is 4. The summed E-state index contributed by atoms with van der Waals surface area (Å²) in [6, 6.07) is 0. The summed E-state index contributed by atoms with van der Waals surface area (Å²) in [5.74, 6) is -0.933. The predicted molar refractivity (Wildman–Crippen MR) is 64.2 cm³/mol. The second kappa shape index (κ2) is 6.83. The Labute approximate surface area is 119 Å². The van der Waals surface area contributed by atoms with E-state index in [-0.39, 0.29) is 12.4 Å². The van der Waals surface area contributed by atoms with Crippen LogP contribution in [0.25, 0.3) is 0 Å². The lowest BCUT2D eigenvalue weighted by molar-refractivity contribution is -0.177. The Morgan fingerprint density at radius 1 is 1.33 bits per heavy atom. The molecule has 1 heterocycles. The maximum Gasteiger partial charge on any atom is 0.411 e. The topological polar surface area (TPSA) is 90.1 Å². The van der Waals surface area contributed by atoms with E-state index in [2.05, 4.69) is 20.3 Å². The van der Waals surface area contributed by atoms with Crippen LogP contribution < -0.4 is 0 Å². The number of carboxylic acid groups (broad SMARTS) is 1. The second-order valence-electron chi connectivity index (χ2n) is 4.65. The van der Waals surface area contributed by atoms with Crippen LogP contribution >= 0.6 is 0 Å². The Hall–Kier alpha value is -1.71. The van der Waals surface area contributed by atoms with Gasteiger partial charge in [0.1, 0.15) is 13.2 Å². The number of nitrogens with zero attached hydrogens (tertiary/aromatic N) is 4. The lowest BCUT2D eigenvalue weighted by Gasteiger charge is -2.26. The summed E-state index contributed by atoms with van der Waals surface area (Å²) in [6.07, 6.45) is -3.74. The maximum atomic E-state index is 12.0. The van der Waals surface area contributed by atoms with Crippen LogP contribution in [-0.2, 0) is 22.7 Å². The molecule has 120 valence electrons. The summed E-state index contributed by atoms with van der Waals surface area (Å²) in [7, 11) is 0. The average molecular weight is 310 g/mol. The minimum absolute atomic E-state index is 0.0208. The van der Waals surface area contributed by atoms with Gasteiger partial charge in [-0.3, -0.25) is 4.79 Å². The van der Waals surface area contributed by atoms with Crippen LogP contribution in [0.2, 0.25) is 0 Å². The van der Waals surface area contributed by atoms with Gasteiger partial charge >= 0.3 is 12.1 Å². The lowest BCUT2D eigenvalue weighted by atomic mass is 9.82. The van der Waals surface area contributed by atoms with Crippen LogP contribution in [0.15, 0.2) is 0 Å². The number of hydrogen-bond acceptors (Lipinski definition) is 5. The summed E-state index contributed by atoms with van der Waals surface area (Å²) in [5.41, 5.74) is -1.06. The third-order valence-electron chi connectivity index (χ3n) is 3.36. The highest BCUT2D eigenvalue weighted by molar-refractivity contribution is 5.74. The number of rotatable bonds is 8. The molecule has 0 aliphatic heterocycles. The van der Waals surface area contributed by atoms with E-state index in [1.807, 2.05) is 0 Å². The first kappa shape index (κ1) is 17.3. The van der Waals surface area contributed by atoms with Crippen molar-refractivity contribution in [3.8, 4) is 0 Å². The molecule has 0 aliphatic rings. The Morgan fingerprint density at radius 2 is 1.95 bits per heavy atom. The summed E-state index contributed by atoms with van der Waals surface area (Å²) in [4.78, 5) is 11.4. The van der Waals surface area contributed by atoms with Crippen molar-refractivity contribution in [3.63, 3.8) is 0 Å².